The molecule has 0 heterocycles. The molecule has 21 heavy (non-hydrogen) atoms. The molecular formula is C19H22N2. The molecule has 0 amide bonds. The molecule has 2 rings (SSSR count). The predicted molar refractivity (Wildman–Crippen MR) is 92.7 cm³/mol. The van der Waals surface area contributed by atoms with Crippen LogP contribution in [0, 0.1) is 0 Å². The smallest absolute Gasteiger partial charge is 0.0639 e. The van der Waals surface area contributed by atoms with E-state index in [2.05, 4.69) is 58.4 Å². The largest absolute Gasteiger partial charge is 0.378 e. The standard InChI is InChI=1S/C19H22N2/c1-4-7-19(21(2)3)12-13-20-15-16-10-11-17-8-5-6-9-18(17)14-16/h4-14H,15H2,1-3H3/b7-4-,19-12+,20-13?. The Bertz CT molecular complexity index is 679. The molecule has 0 N–H and O–H groups in total. The van der Waals surface area contributed by atoms with Crippen LogP contribution in [0.2, 0.25) is 0 Å². The van der Waals surface area contributed by atoms with E-state index in [9.17, 15) is 0 Å². The molecule has 0 fully saturated rings. The van der Waals surface area contributed by atoms with Gasteiger partial charge in [0.25, 0.3) is 0 Å². The third-order valence-corrected chi connectivity index (χ3v) is 3.29. The highest BCUT2D eigenvalue weighted by atomic mass is 15.1. The van der Waals surface area contributed by atoms with Crippen LogP contribution in [0.4, 0.5) is 0 Å². The van der Waals surface area contributed by atoms with E-state index in [0.29, 0.717) is 6.54 Å². The van der Waals surface area contributed by atoms with Gasteiger partial charge in [-0.2, -0.15) is 0 Å². The van der Waals surface area contributed by atoms with Crippen LogP contribution in [0.1, 0.15) is 12.5 Å². The molecule has 0 radical (unpaired) electrons. The van der Waals surface area contributed by atoms with E-state index in [-0.39, 0.29) is 0 Å². The van der Waals surface area contributed by atoms with Crippen molar-refractivity contribution in [3.05, 3.63) is 72.0 Å². The van der Waals surface area contributed by atoms with Gasteiger partial charge in [-0.3, -0.25) is 4.99 Å². The lowest BCUT2D eigenvalue weighted by Crippen LogP contribution is -2.09. The van der Waals surface area contributed by atoms with Crippen LogP contribution in [0.3, 0.4) is 0 Å². The summed E-state index contributed by atoms with van der Waals surface area (Å²) in [6.07, 6.45) is 8.01. The maximum Gasteiger partial charge on any atom is 0.0639 e. The normalized spacial score (nSPS) is 12.6. The molecule has 0 aliphatic heterocycles. The first-order valence-electron chi connectivity index (χ1n) is 7.18. The maximum atomic E-state index is 4.49. The van der Waals surface area contributed by atoms with Crippen molar-refractivity contribution in [2.45, 2.75) is 13.5 Å². The fourth-order valence-electron chi connectivity index (χ4n) is 2.15. The van der Waals surface area contributed by atoms with Crippen molar-refractivity contribution in [2.75, 3.05) is 14.1 Å². The van der Waals surface area contributed by atoms with E-state index in [1.165, 1.54) is 16.3 Å². The van der Waals surface area contributed by atoms with E-state index in [1.54, 1.807) is 0 Å². The summed E-state index contributed by atoms with van der Waals surface area (Å²) in [6.45, 7) is 2.72. The average molecular weight is 278 g/mol. The first kappa shape index (κ1) is 15.0. The van der Waals surface area contributed by atoms with Crippen molar-refractivity contribution in [3.63, 3.8) is 0 Å². The molecule has 0 aliphatic rings. The Balaban J connectivity index is 2.07. The van der Waals surface area contributed by atoms with Crippen LogP contribution in [-0.4, -0.2) is 25.2 Å². The second-order valence-corrected chi connectivity index (χ2v) is 5.16. The number of aliphatic imine (C=N–C) groups is 1. The van der Waals surface area contributed by atoms with Gasteiger partial charge in [0.15, 0.2) is 0 Å². The summed E-state index contributed by atoms with van der Waals surface area (Å²) < 4.78 is 0. The summed E-state index contributed by atoms with van der Waals surface area (Å²) in [6, 6.07) is 14.9. The molecule has 0 spiro atoms. The SMILES string of the molecule is C/C=C\C(=C/C=NCc1ccc2ccccc2c1)N(C)C. The number of nitrogens with zero attached hydrogens (tertiary/aromatic N) is 2. The van der Waals surface area contributed by atoms with Gasteiger partial charge in [0.1, 0.15) is 0 Å². The third kappa shape index (κ3) is 4.32. The molecule has 0 aliphatic carbocycles. The number of hydrogen-bond donors (Lipinski definition) is 0. The Labute approximate surface area is 127 Å². The molecule has 2 aromatic rings. The molecule has 108 valence electrons. The van der Waals surface area contributed by atoms with E-state index in [4.69, 9.17) is 0 Å². The second-order valence-electron chi connectivity index (χ2n) is 5.16. The van der Waals surface area contributed by atoms with E-state index < -0.39 is 0 Å². The van der Waals surface area contributed by atoms with Gasteiger partial charge in [-0.25, -0.2) is 0 Å². The van der Waals surface area contributed by atoms with Crippen LogP contribution in [0.5, 0.6) is 0 Å². The number of hydrogen-bond acceptors (Lipinski definition) is 2. The lowest BCUT2D eigenvalue weighted by Gasteiger charge is -2.12. The highest BCUT2D eigenvalue weighted by Crippen LogP contribution is 2.16. The number of allylic oxidation sites excluding steroid dienone is 3. The van der Waals surface area contributed by atoms with E-state index in [0.717, 1.165) is 5.70 Å². The Morgan fingerprint density at radius 3 is 2.57 bits per heavy atom. The van der Waals surface area contributed by atoms with Crippen molar-refractivity contribution >= 4 is 17.0 Å². The highest BCUT2D eigenvalue weighted by molar-refractivity contribution is 5.83. The molecular weight excluding hydrogens is 256 g/mol. The number of rotatable bonds is 5. The van der Waals surface area contributed by atoms with Gasteiger partial charge in [0, 0.05) is 26.0 Å². The molecule has 0 aromatic heterocycles. The van der Waals surface area contributed by atoms with Crippen molar-refractivity contribution < 1.29 is 0 Å². The Hall–Kier alpha value is -2.35. The zero-order valence-corrected chi connectivity index (χ0v) is 13.0. The van der Waals surface area contributed by atoms with Gasteiger partial charge in [0.05, 0.1) is 6.54 Å². The second kappa shape index (κ2) is 7.44. The zero-order valence-electron chi connectivity index (χ0n) is 13.0. The van der Waals surface area contributed by atoms with Crippen molar-refractivity contribution in [1.82, 2.24) is 4.90 Å². The molecule has 0 unspecified atom stereocenters. The molecule has 0 bridgehead atoms. The maximum absolute atomic E-state index is 4.49. The van der Waals surface area contributed by atoms with Crippen molar-refractivity contribution in [2.24, 2.45) is 4.99 Å². The van der Waals surface area contributed by atoms with Crippen LogP contribution in [-0.2, 0) is 6.54 Å². The lowest BCUT2D eigenvalue weighted by atomic mass is 10.1. The summed E-state index contributed by atoms with van der Waals surface area (Å²) >= 11 is 0. The van der Waals surface area contributed by atoms with E-state index in [1.807, 2.05) is 39.4 Å². The highest BCUT2D eigenvalue weighted by Gasteiger charge is 1.95. The monoisotopic (exact) mass is 278 g/mol. The van der Waals surface area contributed by atoms with Gasteiger partial charge in [-0.1, -0.05) is 42.5 Å². The van der Waals surface area contributed by atoms with Crippen molar-refractivity contribution in [1.29, 1.82) is 0 Å². The first-order chi connectivity index (χ1) is 10.2. The fraction of sp³-hybridized carbons (Fsp3) is 0.211. The number of fused-ring (bicyclic) bond motifs is 1. The van der Waals surface area contributed by atoms with Gasteiger partial charge in [0.2, 0.25) is 0 Å². The summed E-state index contributed by atoms with van der Waals surface area (Å²) in [5.41, 5.74) is 2.37. The molecule has 2 aromatic carbocycles. The zero-order chi connectivity index (χ0) is 15.1. The Morgan fingerprint density at radius 2 is 1.86 bits per heavy atom. The van der Waals surface area contributed by atoms with Gasteiger partial charge in [-0.05, 0) is 41.5 Å². The fourth-order valence-corrected chi connectivity index (χ4v) is 2.15. The Morgan fingerprint density at radius 1 is 1.10 bits per heavy atom. The van der Waals surface area contributed by atoms with Crippen LogP contribution in [0.25, 0.3) is 10.8 Å². The minimum atomic E-state index is 0.706. The first-order valence-corrected chi connectivity index (χ1v) is 7.18. The quantitative estimate of drug-likeness (QED) is 0.583. The van der Waals surface area contributed by atoms with Crippen molar-refractivity contribution in [3.8, 4) is 0 Å². The molecule has 0 saturated carbocycles. The van der Waals surface area contributed by atoms with E-state index >= 15 is 0 Å². The van der Waals surface area contributed by atoms with Crippen LogP contribution in [0.15, 0.2) is 71.4 Å². The lowest BCUT2D eigenvalue weighted by molar-refractivity contribution is 0.531. The van der Waals surface area contributed by atoms with Gasteiger partial charge in [-0.15, -0.1) is 0 Å². The number of likely N-dealkylation sites (N-methyl/N-ethyl adjacent to an activating group) is 1. The average Bonchev–Trinajstić information content (AvgIpc) is 2.50. The van der Waals surface area contributed by atoms with Crippen LogP contribution < -0.4 is 0 Å². The van der Waals surface area contributed by atoms with Gasteiger partial charge < -0.3 is 4.90 Å². The summed E-state index contributed by atoms with van der Waals surface area (Å²) in [5.74, 6) is 0. The minimum absolute atomic E-state index is 0.706. The summed E-state index contributed by atoms with van der Waals surface area (Å²) in [7, 11) is 4.06. The molecule has 2 nitrogen and oxygen atoms in total. The number of benzene rings is 2. The summed E-state index contributed by atoms with van der Waals surface area (Å²) in [4.78, 5) is 6.56. The molecule has 0 atom stereocenters. The molecule has 0 saturated heterocycles. The van der Waals surface area contributed by atoms with Crippen LogP contribution >= 0.6 is 0 Å². The Kier molecular flexibility index (Phi) is 5.33. The topological polar surface area (TPSA) is 15.6 Å². The predicted octanol–water partition coefficient (Wildman–Crippen LogP) is 4.43. The minimum Gasteiger partial charge on any atom is -0.378 e. The van der Waals surface area contributed by atoms with Gasteiger partial charge >= 0.3 is 0 Å². The summed E-state index contributed by atoms with van der Waals surface area (Å²) in [5, 5.41) is 2.54. The third-order valence-electron chi connectivity index (χ3n) is 3.29. The molecule has 2 heteroatoms.